The molecule has 8 heteroatoms. The van der Waals surface area contributed by atoms with E-state index in [9.17, 15) is 4.79 Å². The topological polar surface area (TPSA) is 107 Å². The number of anilines is 2. The van der Waals surface area contributed by atoms with E-state index >= 15 is 0 Å². The van der Waals surface area contributed by atoms with Crippen LogP contribution in [0.4, 0.5) is 11.4 Å². The molecule has 44 heavy (non-hydrogen) atoms. The highest BCUT2D eigenvalue weighted by atomic mass is 16.5. The van der Waals surface area contributed by atoms with Crippen LogP contribution in [-0.4, -0.2) is 50.0 Å². The second-order valence-corrected chi connectivity index (χ2v) is 10.3. The van der Waals surface area contributed by atoms with Gasteiger partial charge in [0.2, 0.25) is 5.91 Å². The number of ether oxygens (including phenoxy) is 1. The zero-order valence-corrected chi connectivity index (χ0v) is 26.8. The van der Waals surface area contributed by atoms with Gasteiger partial charge in [-0.3, -0.25) is 10.2 Å². The molecule has 3 aromatic carbocycles. The smallest absolute Gasteiger partial charge is 0.250 e. The molecule has 0 aliphatic carbocycles. The highest BCUT2D eigenvalue weighted by Crippen LogP contribution is 2.24. The number of allylic oxidation sites excluding steroid dienone is 1. The summed E-state index contributed by atoms with van der Waals surface area (Å²) in [5, 5.41) is 12.2. The molecule has 232 valence electrons. The van der Waals surface area contributed by atoms with Crippen molar-refractivity contribution >= 4 is 28.8 Å². The van der Waals surface area contributed by atoms with Crippen molar-refractivity contribution in [2.45, 2.75) is 33.6 Å². The van der Waals surface area contributed by atoms with Crippen LogP contribution in [0.1, 0.15) is 39.2 Å². The molecule has 1 amide bonds. The van der Waals surface area contributed by atoms with Gasteiger partial charge in [-0.25, -0.2) is 4.99 Å². The van der Waals surface area contributed by atoms with Gasteiger partial charge >= 0.3 is 0 Å². The van der Waals surface area contributed by atoms with Crippen molar-refractivity contribution in [2.75, 3.05) is 37.9 Å². The fraction of sp³-hybridized carbons (Fsp3) is 0.250. The molecular weight excluding hydrogens is 548 g/mol. The average molecular weight is 595 g/mol. The van der Waals surface area contributed by atoms with Gasteiger partial charge in [0, 0.05) is 48.5 Å². The number of nitrogens with two attached hydrogens (primary N) is 1. The molecule has 0 spiro atoms. The number of benzene rings is 3. The number of carbonyl (C=O) groups is 1. The van der Waals surface area contributed by atoms with Gasteiger partial charge in [-0.1, -0.05) is 57.5 Å². The van der Waals surface area contributed by atoms with E-state index in [2.05, 4.69) is 30.7 Å². The molecule has 4 N–H and O–H groups in total. The molecule has 0 heterocycles. The molecule has 0 aliphatic heterocycles. The Morgan fingerprint density at radius 1 is 0.955 bits per heavy atom. The number of unbranched alkanes of at least 4 members (excludes halogenated alkanes) is 1. The predicted molar refractivity (Wildman–Crippen MR) is 186 cm³/mol. The van der Waals surface area contributed by atoms with E-state index in [0.717, 1.165) is 11.4 Å². The Morgan fingerprint density at radius 2 is 1.55 bits per heavy atom. The summed E-state index contributed by atoms with van der Waals surface area (Å²) in [7, 11) is 5.62. The van der Waals surface area contributed by atoms with E-state index < -0.39 is 0 Å². The summed E-state index contributed by atoms with van der Waals surface area (Å²) in [5.74, 6) is 1.66. The van der Waals surface area contributed by atoms with Gasteiger partial charge in [0.25, 0.3) is 0 Å². The van der Waals surface area contributed by atoms with Gasteiger partial charge in [0.15, 0.2) is 0 Å². The standard InChI is InChI=1S/C32H36N6O2.C4H10/c1-6-35-32(36-25-16-18-26(19-17-25)38(5)29(39)13-10-22-37(3)4)30(23(2)33)31(34)24-14-20-28(21-15-24)40-27-11-8-7-9-12-27;1-3-4-2/h6-21,34H,1,22,33H2,2-5H3,(H,35,36);3-4H2,1-2H3/b13-10+,30-23+,34-31?;. The zero-order valence-electron chi connectivity index (χ0n) is 26.8. The highest BCUT2D eigenvalue weighted by molar-refractivity contribution is 6.32. The minimum Gasteiger partial charge on any atom is -0.457 e. The molecule has 0 bridgehead atoms. The van der Waals surface area contributed by atoms with Gasteiger partial charge in [-0.2, -0.15) is 0 Å². The van der Waals surface area contributed by atoms with E-state index in [1.165, 1.54) is 19.0 Å². The van der Waals surface area contributed by atoms with E-state index in [4.69, 9.17) is 15.9 Å². The number of hydrogen-bond donors (Lipinski definition) is 3. The van der Waals surface area contributed by atoms with Crippen LogP contribution < -0.4 is 20.7 Å². The molecule has 0 fully saturated rings. The minimum absolute atomic E-state index is 0.117. The van der Waals surface area contributed by atoms with Crippen LogP contribution in [0.5, 0.6) is 11.5 Å². The maximum absolute atomic E-state index is 12.5. The number of hydrogen-bond acceptors (Lipinski definition) is 6. The van der Waals surface area contributed by atoms with Crippen LogP contribution in [0.3, 0.4) is 0 Å². The van der Waals surface area contributed by atoms with Crippen LogP contribution in [-0.2, 0) is 4.79 Å². The first-order valence-electron chi connectivity index (χ1n) is 14.6. The Hall–Kier alpha value is -4.95. The molecule has 0 saturated heterocycles. The molecule has 3 aromatic rings. The summed E-state index contributed by atoms with van der Waals surface area (Å²) in [6.07, 6.45) is 7.43. The van der Waals surface area contributed by atoms with Crippen LogP contribution >= 0.6 is 0 Å². The summed E-state index contributed by atoms with van der Waals surface area (Å²) in [6, 6.07) is 24.1. The SMILES string of the molecule is C=CN=C(Nc1ccc(N(C)C(=O)/C=C/CN(C)C)cc1)/C(C(=N)c1ccc(Oc2ccccc2)cc1)=C(\C)N.CCCC. The lowest BCUT2D eigenvalue weighted by atomic mass is 9.99. The number of aliphatic imine (C=N–C) groups is 1. The van der Waals surface area contributed by atoms with Crippen molar-refractivity contribution in [3.8, 4) is 11.5 Å². The third-order valence-electron chi connectivity index (χ3n) is 6.30. The Morgan fingerprint density at radius 3 is 2.07 bits per heavy atom. The number of nitrogens with one attached hydrogen (secondary N) is 2. The predicted octanol–water partition coefficient (Wildman–Crippen LogP) is 7.62. The molecule has 0 atom stereocenters. The van der Waals surface area contributed by atoms with Crippen molar-refractivity contribution in [2.24, 2.45) is 10.7 Å². The zero-order chi connectivity index (χ0) is 32.5. The van der Waals surface area contributed by atoms with Gasteiger partial charge in [-0.05, 0) is 81.7 Å². The first-order chi connectivity index (χ1) is 21.1. The molecular formula is C36H46N6O2. The van der Waals surface area contributed by atoms with Gasteiger partial charge < -0.3 is 25.6 Å². The van der Waals surface area contributed by atoms with Crippen LogP contribution in [0.25, 0.3) is 0 Å². The Labute approximate surface area is 262 Å². The number of amidine groups is 1. The van der Waals surface area contributed by atoms with Crippen molar-refractivity contribution in [3.63, 3.8) is 0 Å². The molecule has 0 saturated carbocycles. The van der Waals surface area contributed by atoms with Gasteiger partial charge in [-0.15, -0.1) is 0 Å². The average Bonchev–Trinajstić information content (AvgIpc) is 3.01. The largest absolute Gasteiger partial charge is 0.457 e. The minimum atomic E-state index is -0.117. The lowest BCUT2D eigenvalue weighted by molar-refractivity contribution is -0.113. The molecule has 0 unspecified atom stereocenters. The number of likely N-dealkylation sites (N-methyl/N-ethyl adjacent to an activating group) is 2. The summed E-state index contributed by atoms with van der Waals surface area (Å²) in [5.41, 5.74) is 9.42. The Kier molecular flexibility index (Phi) is 14.9. The first kappa shape index (κ1) is 35.2. The van der Waals surface area contributed by atoms with Crippen LogP contribution in [0.15, 0.2) is 120 Å². The second kappa shape index (κ2) is 18.6. The maximum Gasteiger partial charge on any atom is 0.250 e. The second-order valence-electron chi connectivity index (χ2n) is 10.3. The van der Waals surface area contributed by atoms with Crippen molar-refractivity contribution in [1.82, 2.24) is 4.90 Å². The lowest BCUT2D eigenvalue weighted by Crippen LogP contribution is -2.25. The normalized spacial score (nSPS) is 11.8. The van der Waals surface area contributed by atoms with E-state index in [-0.39, 0.29) is 11.6 Å². The van der Waals surface area contributed by atoms with Crippen LogP contribution in [0, 0.1) is 5.41 Å². The van der Waals surface area contributed by atoms with Crippen molar-refractivity contribution in [1.29, 1.82) is 5.41 Å². The number of amides is 1. The van der Waals surface area contributed by atoms with Gasteiger partial charge in [0.05, 0.1) is 11.3 Å². The van der Waals surface area contributed by atoms with Crippen molar-refractivity contribution < 1.29 is 9.53 Å². The Balaban J connectivity index is 0.00000159. The highest BCUT2D eigenvalue weighted by Gasteiger charge is 2.18. The fourth-order valence-corrected chi connectivity index (χ4v) is 3.72. The lowest BCUT2D eigenvalue weighted by Gasteiger charge is -2.18. The quantitative estimate of drug-likeness (QED) is 0.114. The first-order valence-corrected chi connectivity index (χ1v) is 14.6. The molecule has 0 aliphatic rings. The number of nitrogens with zero attached hydrogens (tertiary/aromatic N) is 3. The summed E-state index contributed by atoms with van der Waals surface area (Å²) in [4.78, 5) is 20.4. The number of para-hydroxylation sites is 1. The molecule has 8 nitrogen and oxygen atoms in total. The maximum atomic E-state index is 12.5. The molecule has 0 radical (unpaired) electrons. The van der Waals surface area contributed by atoms with E-state index in [1.807, 2.05) is 104 Å². The number of carbonyl (C=O) groups excluding carboxylic acids is 1. The van der Waals surface area contributed by atoms with E-state index in [0.29, 0.717) is 40.7 Å². The monoisotopic (exact) mass is 594 g/mol. The summed E-state index contributed by atoms with van der Waals surface area (Å²) >= 11 is 0. The number of rotatable bonds is 12. The summed E-state index contributed by atoms with van der Waals surface area (Å²) < 4.78 is 5.87. The van der Waals surface area contributed by atoms with Gasteiger partial charge in [0.1, 0.15) is 17.3 Å². The third-order valence-corrected chi connectivity index (χ3v) is 6.30. The van der Waals surface area contributed by atoms with E-state index in [1.54, 1.807) is 24.9 Å². The third kappa shape index (κ3) is 11.4. The fourth-order valence-electron chi connectivity index (χ4n) is 3.72. The molecule has 0 aromatic heterocycles. The van der Waals surface area contributed by atoms with Crippen LogP contribution in [0.2, 0.25) is 0 Å². The summed E-state index contributed by atoms with van der Waals surface area (Å²) in [6.45, 7) is 10.5. The molecule has 3 rings (SSSR count). The Bertz CT molecular complexity index is 1430. The van der Waals surface area contributed by atoms with Crippen molar-refractivity contribution in [3.05, 3.63) is 121 Å².